The van der Waals surface area contributed by atoms with Gasteiger partial charge in [0.25, 0.3) is 0 Å². The molecule has 0 aromatic rings. The molecule has 1 saturated heterocycles. The van der Waals surface area contributed by atoms with Gasteiger partial charge in [-0.15, -0.1) is 0 Å². The summed E-state index contributed by atoms with van der Waals surface area (Å²) in [4.78, 5) is 5.13. The Bertz CT molecular complexity index is 228. The van der Waals surface area contributed by atoms with Gasteiger partial charge < -0.3 is 5.32 Å². The molecule has 18 heavy (non-hydrogen) atoms. The zero-order chi connectivity index (χ0) is 13.6. The lowest BCUT2D eigenvalue weighted by atomic mass is 9.99. The van der Waals surface area contributed by atoms with Gasteiger partial charge in [0.2, 0.25) is 0 Å². The molecule has 1 heterocycles. The van der Waals surface area contributed by atoms with E-state index in [-0.39, 0.29) is 0 Å². The minimum Gasteiger partial charge on any atom is -0.313 e. The highest BCUT2D eigenvalue weighted by molar-refractivity contribution is 4.89. The van der Waals surface area contributed by atoms with E-state index >= 15 is 0 Å². The van der Waals surface area contributed by atoms with Crippen molar-refractivity contribution >= 4 is 0 Å². The Balaban J connectivity index is 2.43. The maximum absolute atomic E-state index is 3.70. The van der Waals surface area contributed by atoms with Gasteiger partial charge in [0.1, 0.15) is 0 Å². The summed E-state index contributed by atoms with van der Waals surface area (Å²) >= 11 is 0. The van der Waals surface area contributed by atoms with Crippen LogP contribution in [0.4, 0.5) is 0 Å². The highest BCUT2D eigenvalue weighted by atomic mass is 15.3. The molecular weight excluding hydrogens is 222 g/mol. The Kier molecular flexibility index (Phi) is 6.61. The molecule has 1 fully saturated rings. The number of rotatable bonds is 7. The quantitative estimate of drug-likeness (QED) is 0.752. The van der Waals surface area contributed by atoms with E-state index in [1.165, 1.54) is 45.4 Å². The van der Waals surface area contributed by atoms with Crippen molar-refractivity contribution in [3.8, 4) is 0 Å². The molecule has 3 heteroatoms. The summed E-state index contributed by atoms with van der Waals surface area (Å²) in [6, 6.07) is 0.675. The summed E-state index contributed by atoms with van der Waals surface area (Å²) in [6.07, 6.45) is 3.81. The Morgan fingerprint density at radius 3 is 2.44 bits per heavy atom. The summed E-state index contributed by atoms with van der Waals surface area (Å²) in [5, 5.41) is 3.70. The van der Waals surface area contributed by atoms with Gasteiger partial charge in [-0.1, -0.05) is 20.3 Å². The smallest absolute Gasteiger partial charge is 0.0277 e. The largest absolute Gasteiger partial charge is 0.313 e. The maximum Gasteiger partial charge on any atom is 0.0277 e. The van der Waals surface area contributed by atoms with E-state index in [9.17, 15) is 0 Å². The van der Waals surface area contributed by atoms with E-state index in [1.807, 2.05) is 0 Å². The van der Waals surface area contributed by atoms with Crippen LogP contribution in [0.3, 0.4) is 0 Å². The third-order valence-corrected chi connectivity index (χ3v) is 4.19. The molecule has 0 aliphatic carbocycles. The monoisotopic (exact) mass is 255 g/mol. The molecule has 0 aromatic carbocycles. The van der Waals surface area contributed by atoms with E-state index in [4.69, 9.17) is 0 Å². The fourth-order valence-electron chi connectivity index (χ4n) is 2.76. The van der Waals surface area contributed by atoms with Crippen LogP contribution in [0, 0.1) is 0 Å². The normalized spacial score (nSPS) is 23.2. The van der Waals surface area contributed by atoms with Crippen LogP contribution < -0.4 is 5.32 Å². The van der Waals surface area contributed by atoms with Gasteiger partial charge in [-0.2, -0.15) is 0 Å². The summed E-state index contributed by atoms with van der Waals surface area (Å²) in [7, 11) is 2.25. The molecule has 0 saturated carbocycles. The number of nitrogens with one attached hydrogen (secondary N) is 1. The molecule has 0 bridgehead atoms. The first-order valence-corrected chi connectivity index (χ1v) is 7.66. The lowest BCUT2D eigenvalue weighted by molar-refractivity contribution is 0.0347. The van der Waals surface area contributed by atoms with Crippen molar-refractivity contribution < 1.29 is 0 Å². The Morgan fingerprint density at radius 1 is 1.17 bits per heavy atom. The van der Waals surface area contributed by atoms with Crippen molar-refractivity contribution in [2.24, 2.45) is 0 Å². The van der Waals surface area contributed by atoms with Gasteiger partial charge in [0, 0.05) is 37.8 Å². The summed E-state index contributed by atoms with van der Waals surface area (Å²) in [5.41, 5.74) is 0.319. The predicted molar refractivity (Wildman–Crippen MR) is 80.1 cm³/mol. The molecule has 0 amide bonds. The zero-order valence-electron chi connectivity index (χ0n) is 13.1. The molecule has 0 aromatic heterocycles. The van der Waals surface area contributed by atoms with Gasteiger partial charge in [-0.25, -0.2) is 0 Å². The van der Waals surface area contributed by atoms with Crippen molar-refractivity contribution in [2.45, 2.75) is 58.5 Å². The average Bonchev–Trinajstić information content (AvgIpc) is 2.31. The molecule has 0 radical (unpaired) electrons. The second-order valence-corrected chi connectivity index (χ2v) is 6.41. The van der Waals surface area contributed by atoms with Crippen molar-refractivity contribution in [2.75, 3.05) is 39.8 Å². The van der Waals surface area contributed by atoms with Crippen molar-refractivity contribution in [1.82, 2.24) is 15.1 Å². The number of piperazine rings is 1. The molecule has 1 unspecified atom stereocenters. The highest BCUT2D eigenvalue weighted by Gasteiger charge is 2.31. The van der Waals surface area contributed by atoms with Crippen LogP contribution in [-0.4, -0.2) is 61.2 Å². The van der Waals surface area contributed by atoms with Crippen molar-refractivity contribution in [3.63, 3.8) is 0 Å². The Morgan fingerprint density at radius 2 is 1.89 bits per heavy atom. The fourth-order valence-corrected chi connectivity index (χ4v) is 2.76. The summed E-state index contributed by atoms with van der Waals surface area (Å²) in [5.74, 6) is 0. The van der Waals surface area contributed by atoms with Crippen molar-refractivity contribution in [1.29, 1.82) is 0 Å². The van der Waals surface area contributed by atoms with Crippen LogP contribution in [0.25, 0.3) is 0 Å². The lowest BCUT2D eigenvalue weighted by Crippen LogP contribution is -2.59. The summed E-state index contributed by atoms with van der Waals surface area (Å²) in [6.45, 7) is 15.2. The fraction of sp³-hybridized carbons (Fsp3) is 1.00. The molecule has 108 valence electrons. The highest BCUT2D eigenvalue weighted by Crippen LogP contribution is 2.19. The Labute approximate surface area is 114 Å². The second kappa shape index (κ2) is 7.46. The molecule has 1 atom stereocenters. The molecule has 1 aliphatic heterocycles. The number of nitrogens with zero attached hydrogens (tertiary/aromatic N) is 2. The second-order valence-electron chi connectivity index (χ2n) is 6.41. The van der Waals surface area contributed by atoms with E-state index < -0.39 is 0 Å². The van der Waals surface area contributed by atoms with Gasteiger partial charge in [0.15, 0.2) is 0 Å². The third-order valence-electron chi connectivity index (χ3n) is 4.19. The van der Waals surface area contributed by atoms with E-state index in [0.717, 1.165) is 6.54 Å². The van der Waals surface area contributed by atoms with E-state index in [1.54, 1.807) is 0 Å². The standard InChI is InChI=1S/C15H33N3/c1-6-8-14(16-9-7-2)12-18-11-10-17(5)15(3,4)13-18/h14,16H,6-13H2,1-5H3. The first-order chi connectivity index (χ1) is 8.49. The van der Waals surface area contributed by atoms with Gasteiger partial charge in [-0.05, 0) is 40.3 Å². The predicted octanol–water partition coefficient (Wildman–Crippen LogP) is 2.18. The van der Waals surface area contributed by atoms with Gasteiger partial charge in [-0.3, -0.25) is 9.80 Å². The minimum absolute atomic E-state index is 0.319. The van der Waals surface area contributed by atoms with Gasteiger partial charge in [0.05, 0.1) is 0 Å². The topological polar surface area (TPSA) is 18.5 Å². The van der Waals surface area contributed by atoms with Gasteiger partial charge >= 0.3 is 0 Å². The SMILES string of the molecule is CCCNC(CCC)CN1CCN(C)C(C)(C)C1. The number of hydrogen-bond donors (Lipinski definition) is 1. The minimum atomic E-state index is 0.319. The van der Waals surface area contributed by atoms with Crippen LogP contribution in [0.15, 0.2) is 0 Å². The molecule has 1 aliphatic rings. The van der Waals surface area contributed by atoms with Crippen LogP contribution >= 0.6 is 0 Å². The first kappa shape index (κ1) is 15.9. The first-order valence-electron chi connectivity index (χ1n) is 7.66. The van der Waals surface area contributed by atoms with E-state index in [0.29, 0.717) is 11.6 Å². The molecular formula is C15H33N3. The number of likely N-dealkylation sites (N-methyl/N-ethyl adjacent to an activating group) is 1. The third kappa shape index (κ3) is 4.87. The molecule has 0 spiro atoms. The van der Waals surface area contributed by atoms with Crippen LogP contribution in [0.5, 0.6) is 0 Å². The molecule has 3 nitrogen and oxygen atoms in total. The van der Waals surface area contributed by atoms with Crippen LogP contribution in [0.1, 0.15) is 47.0 Å². The lowest BCUT2D eigenvalue weighted by Gasteiger charge is -2.46. The van der Waals surface area contributed by atoms with Crippen molar-refractivity contribution in [3.05, 3.63) is 0 Å². The summed E-state index contributed by atoms with van der Waals surface area (Å²) < 4.78 is 0. The average molecular weight is 255 g/mol. The van der Waals surface area contributed by atoms with E-state index in [2.05, 4.69) is 49.9 Å². The Hall–Kier alpha value is -0.120. The number of hydrogen-bond acceptors (Lipinski definition) is 3. The van der Waals surface area contributed by atoms with Crippen LogP contribution in [0.2, 0.25) is 0 Å². The maximum atomic E-state index is 3.70. The zero-order valence-corrected chi connectivity index (χ0v) is 13.1. The molecule has 1 N–H and O–H groups in total. The molecule has 1 rings (SSSR count). The van der Waals surface area contributed by atoms with Crippen LogP contribution in [-0.2, 0) is 0 Å².